The Morgan fingerprint density at radius 3 is 2.86 bits per heavy atom. The van der Waals surface area contributed by atoms with Gasteiger partial charge in [-0.25, -0.2) is 0 Å². The highest BCUT2D eigenvalue weighted by molar-refractivity contribution is 6.17. The molecule has 0 aromatic heterocycles. The Morgan fingerprint density at radius 2 is 2.14 bits per heavy atom. The lowest BCUT2D eigenvalue weighted by Crippen LogP contribution is -2.30. The summed E-state index contributed by atoms with van der Waals surface area (Å²) >= 11 is 5.66. The predicted octanol–water partition coefficient (Wildman–Crippen LogP) is 2.24. The molecule has 0 bridgehead atoms. The van der Waals surface area contributed by atoms with Gasteiger partial charge in [0.2, 0.25) is 0 Å². The Bertz CT molecular complexity index is 143. The van der Waals surface area contributed by atoms with Crippen LogP contribution in [-0.4, -0.2) is 41.6 Å². The van der Waals surface area contributed by atoms with Gasteiger partial charge in [-0.05, 0) is 51.6 Å². The van der Waals surface area contributed by atoms with E-state index in [9.17, 15) is 0 Å². The molecule has 1 aliphatic heterocycles. The minimum Gasteiger partial charge on any atom is -0.396 e. The number of rotatable bonds is 7. The van der Waals surface area contributed by atoms with E-state index in [0.29, 0.717) is 6.61 Å². The molecule has 1 rings (SSSR count). The van der Waals surface area contributed by atoms with Crippen LogP contribution in [0.1, 0.15) is 38.5 Å². The molecule has 14 heavy (non-hydrogen) atoms. The van der Waals surface area contributed by atoms with E-state index in [1.165, 1.54) is 32.4 Å². The molecule has 0 radical (unpaired) electrons. The van der Waals surface area contributed by atoms with Crippen LogP contribution in [0, 0.1) is 0 Å². The maximum absolute atomic E-state index is 8.79. The molecule has 0 aliphatic carbocycles. The second-order valence-corrected chi connectivity index (χ2v) is 4.47. The number of hydrogen-bond donors (Lipinski definition) is 1. The van der Waals surface area contributed by atoms with Crippen LogP contribution in [0.4, 0.5) is 0 Å². The number of unbranched alkanes of at least 4 members (excludes halogenated alkanes) is 1. The molecular formula is C11H22ClNO. The zero-order valence-electron chi connectivity index (χ0n) is 8.92. The first-order chi connectivity index (χ1) is 6.88. The van der Waals surface area contributed by atoms with Crippen LogP contribution in [-0.2, 0) is 0 Å². The van der Waals surface area contributed by atoms with Crippen molar-refractivity contribution in [3.8, 4) is 0 Å². The molecule has 1 aliphatic rings. The Kier molecular flexibility index (Phi) is 6.57. The summed E-state index contributed by atoms with van der Waals surface area (Å²) < 4.78 is 0. The first-order valence-corrected chi connectivity index (χ1v) is 6.33. The summed E-state index contributed by atoms with van der Waals surface area (Å²) in [6.07, 6.45) is 7.12. The van der Waals surface area contributed by atoms with Crippen molar-refractivity contribution in [1.82, 2.24) is 4.90 Å². The van der Waals surface area contributed by atoms with E-state index in [2.05, 4.69) is 4.90 Å². The summed E-state index contributed by atoms with van der Waals surface area (Å²) in [6, 6.07) is 0.734. The van der Waals surface area contributed by atoms with Crippen LogP contribution >= 0.6 is 11.6 Å². The molecule has 1 fully saturated rings. The van der Waals surface area contributed by atoms with Gasteiger partial charge in [0.05, 0.1) is 0 Å². The van der Waals surface area contributed by atoms with Gasteiger partial charge in [-0.3, -0.25) is 0 Å². The number of aliphatic hydroxyl groups excluding tert-OH is 1. The Balaban J connectivity index is 2.14. The van der Waals surface area contributed by atoms with E-state index >= 15 is 0 Å². The van der Waals surface area contributed by atoms with Gasteiger partial charge in [0.15, 0.2) is 0 Å². The minimum absolute atomic E-state index is 0.339. The molecule has 0 aromatic carbocycles. The van der Waals surface area contributed by atoms with Crippen molar-refractivity contribution in [2.24, 2.45) is 0 Å². The smallest absolute Gasteiger partial charge is 0.0431 e. The van der Waals surface area contributed by atoms with Crippen molar-refractivity contribution in [2.45, 2.75) is 44.6 Å². The molecule has 1 saturated heterocycles. The average Bonchev–Trinajstić information content (AvgIpc) is 2.63. The Hall–Kier alpha value is 0.210. The summed E-state index contributed by atoms with van der Waals surface area (Å²) in [4.78, 5) is 2.57. The third kappa shape index (κ3) is 4.16. The van der Waals surface area contributed by atoms with Crippen molar-refractivity contribution >= 4 is 11.6 Å². The quantitative estimate of drug-likeness (QED) is 0.525. The lowest BCUT2D eigenvalue weighted by atomic mass is 10.1. The highest BCUT2D eigenvalue weighted by Gasteiger charge is 2.22. The molecular weight excluding hydrogens is 198 g/mol. The van der Waals surface area contributed by atoms with Gasteiger partial charge in [0, 0.05) is 18.5 Å². The van der Waals surface area contributed by atoms with Gasteiger partial charge in [-0.1, -0.05) is 0 Å². The summed E-state index contributed by atoms with van der Waals surface area (Å²) in [5, 5.41) is 8.79. The fraction of sp³-hybridized carbons (Fsp3) is 1.00. The van der Waals surface area contributed by atoms with Crippen LogP contribution in [0.3, 0.4) is 0 Å². The molecule has 1 heterocycles. The molecule has 84 valence electrons. The third-order valence-corrected chi connectivity index (χ3v) is 3.29. The predicted molar refractivity (Wildman–Crippen MR) is 60.9 cm³/mol. The van der Waals surface area contributed by atoms with Crippen LogP contribution < -0.4 is 0 Å². The van der Waals surface area contributed by atoms with Crippen molar-refractivity contribution in [3.05, 3.63) is 0 Å². The molecule has 0 saturated carbocycles. The zero-order valence-corrected chi connectivity index (χ0v) is 9.68. The van der Waals surface area contributed by atoms with Gasteiger partial charge in [-0.15, -0.1) is 11.6 Å². The van der Waals surface area contributed by atoms with Crippen molar-refractivity contribution < 1.29 is 5.11 Å². The average molecular weight is 220 g/mol. The molecule has 0 amide bonds. The number of alkyl halides is 1. The standard InChI is InChI=1S/C11H22ClNO/c12-7-1-2-8-13-9-3-5-11(13)6-4-10-14/h11,14H,1-10H2. The van der Waals surface area contributed by atoms with E-state index in [4.69, 9.17) is 16.7 Å². The highest BCUT2D eigenvalue weighted by Crippen LogP contribution is 2.21. The number of halogens is 1. The Labute approximate surface area is 92.2 Å². The van der Waals surface area contributed by atoms with Crippen molar-refractivity contribution in [1.29, 1.82) is 0 Å². The van der Waals surface area contributed by atoms with E-state index < -0.39 is 0 Å². The number of nitrogens with zero attached hydrogens (tertiary/aromatic N) is 1. The minimum atomic E-state index is 0.339. The topological polar surface area (TPSA) is 23.5 Å². The SMILES string of the molecule is OCCCC1CCCN1CCCCCl. The molecule has 2 nitrogen and oxygen atoms in total. The first kappa shape index (κ1) is 12.3. The lowest BCUT2D eigenvalue weighted by Gasteiger charge is -2.23. The molecule has 1 N–H and O–H groups in total. The fourth-order valence-corrected chi connectivity index (χ4v) is 2.44. The number of hydrogen-bond acceptors (Lipinski definition) is 2. The van der Waals surface area contributed by atoms with Crippen LogP contribution in [0.5, 0.6) is 0 Å². The fourth-order valence-electron chi connectivity index (χ4n) is 2.25. The number of likely N-dealkylation sites (tertiary alicyclic amines) is 1. The zero-order chi connectivity index (χ0) is 10.2. The molecule has 1 unspecified atom stereocenters. The lowest BCUT2D eigenvalue weighted by molar-refractivity contribution is 0.214. The van der Waals surface area contributed by atoms with Gasteiger partial charge in [0.25, 0.3) is 0 Å². The van der Waals surface area contributed by atoms with Crippen molar-refractivity contribution in [2.75, 3.05) is 25.6 Å². The molecule has 1 atom stereocenters. The largest absolute Gasteiger partial charge is 0.396 e. The van der Waals surface area contributed by atoms with Crippen LogP contribution in [0.2, 0.25) is 0 Å². The van der Waals surface area contributed by atoms with E-state index in [-0.39, 0.29) is 0 Å². The normalized spacial score (nSPS) is 23.1. The summed E-state index contributed by atoms with van der Waals surface area (Å²) in [7, 11) is 0. The molecule has 0 spiro atoms. The summed E-state index contributed by atoms with van der Waals surface area (Å²) in [6.45, 7) is 2.78. The Morgan fingerprint density at radius 1 is 1.29 bits per heavy atom. The van der Waals surface area contributed by atoms with E-state index in [1.54, 1.807) is 0 Å². The van der Waals surface area contributed by atoms with Gasteiger partial charge in [0.1, 0.15) is 0 Å². The molecule has 0 aromatic rings. The third-order valence-electron chi connectivity index (χ3n) is 3.02. The van der Waals surface area contributed by atoms with Gasteiger partial charge < -0.3 is 10.0 Å². The summed E-state index contributed by atoms with van der Waals surface area (Å²) in [5.74, 6) is 0.787. The maximum Gasteiger partial charge on any atom is 0.0431 e. The van der Waals surface area contributed by atoms with E-state index in [1.807, 2.05) is 0 Å². The van der Waals surface area contributed by atoms with Crippen LogP contribution in [0.25, 0.3) is 0 Å². The van der Waals surface area contributed by atoms with E-state index in [0.717, 1.165) is 31.2 Å². The highest BCUT2D eigenvalue weighted by atomic mass is 35.5. The van der Waals surface area contributed by atoms with Gasteiger partial charge >= 0.3 is 0 Å². The molecule has 3 heteroatoms. The first-order valence-electron chi connectivity index (χ1n) is 5.79. The maximum atomic E-state index is 8.79. The number of aliphatic hydroxyl groups is 1. The van der Waals surface area contributed by atoms with Crippen LogP contribution in [0.15, 0.2) is 0 Å². The second-order valence-electron chi connectivity index (χ2n) is 4.09. The van der Waals surface area contributed by atoms with Gasteiger partial charge in [-0.2, -0.15) is 0 Å². The van der Waals surface area contributed by atoms with Crippen molar-refractivity contribution in [3.63, 3.8) is 0 Å². The monoisotopic (exact) mass is 219 g/mol. The summed E-state index contributed by atoms with van der Waals surface area (Å²) in [5.41, 5.74) is 0. The second kappa shape index (κ2) is 7.49.